The second kappa shape index (κ2) is 8.16. The van der Waals surface area contributed by atoms with Gasteiger partial charge in [0.05, 0.1) is 18.8 Å². The molecule has 2 aliphatic rings. The van der Waals surface area contributed by atoms with Crippen LogP contribution in [-0.2, 0) is 19.1 Å². The van der Waals surface area contributed by atoms with Crippen molar-refractivity contribution in [1.82, 2.24) is 4.90 Å². The minimum Gasteiger partial charge on any atom is -0.465 e. The lowest BCUT2D eigenvalue weighted by Gasteiger charge is -2.50. The largest absolute Gasteiger partial charge is 0.465 e. The van der Waals surface area contributed by atoms with Crippen LogP contribution < -0.4 is 0 Å². The first-order valence-corrected chi connectivity index (χ1v) is 12.4. The molecule has 2 heterocycles. The van der Waals surface area contributed by atoms with Crippen molar-refractivity contribution in [2.45, 2.75) is 60.5 Å². The van der Waals surface area contributed by atoms with E-state index >= 15 is 0 Å². The fourth-order valence-corrected chi connectivity index (χ4v) is 10.4. The minimum absolute atomic E-state index is 0.249. The van der Waals surface area contributed by atoms with Crippen molar-refractivity contribution in [1.29, 1.82) is 0 Å². The molecule has 0 fully saturated rings. The number of fused-ring (bicyclic) bond motifs is 1. The number of hydrogen-bond acceptors (Lipinski definition) is 6. The molecule has 2 atom stereocenters. The summed E-state index contributed by atoms with van der Waals surface area (Å²) in [5.41, 5.74) is 1.21. The van der Waals surface area contributed by atoms with Crippen molar-refractivity contribution < 1.29 is 19.1 Å². The Morgan fingerprint density at radius 1 is 1.07 bits per heavy atom. The molecule has 7 heteroatoms. The van der Waals surface area contributed by atoms with Crippen molar-refractivity contribution in [2.75, 3.05) is 26.3 Å². The van der Waals surface area contributed by atoms with Gasteiger partial charge in [-0.3, -0.25) is 4.79 Å². The van der Waals surface area contributed by atoms with E-state index in [4.69, 9.17) is 9.47 Å². The normalized spacial score (nSPS) is 24.5. The lowest BCUT2D eigenvalue weighted by atomic mass is 9.84. The Balaban J connectivity index is 2.78. The van der Waals surface area contributed by atoms with E-state index in [9.17, 15) is 9.59 Å². The molecule has 0 amide bonds. The average Bonchev–Trinajstić information content (AvgIpc) is 2.92. The van der Waals surface area contributed by atoms with Crippen LogP contribution in [0.2, 0.25) is 0 Å². The van der Waals surface area contributed by atoms with Crippen molar-refractivity contribution in [2.24, 2.45) is 5.41 Å². The van der Waals surface area contributed by atoms with Crippen LogP contribution in [0, 0.1) is 5.41 Å². The molecule has 5 nitrogen and oxygen atoms in total. The van der Waals surface area contributed by atoms with E-state index in [1.807, 2.05) is 6.92 Å². The molecule has 0 bridgehead atoms. The maximum atomic E-state index is 13.4. The highest BCUT2D eigenvalue weighted by atomic mass is 32.7. The first kappa shape index (κ1) is 22.3. The van der Waals surface area contributed by atoms with Crippen LogP contribution in [0.1, 0.15) is 55.4 Å². The highest BCUT2D eigenvalue weighted by molar-refractivity contribution is 8.60. The minimum atomic E-state index is -0.999. The Bertz CT molecular complexity index is 691. The lowest BCUT2D eigenvalue weighted by Crippen LogP contribution is -2.53. The molecule has 0 aromatic carbocycles. The Hall–Kier alpha value is -1.00. The van der Waals surface area contributed by atoms with E-state index in [0.717, 1.165) is 23.7 Å². The molecule has 0 spiro atoms. The summed E-state index contributed by atoms with van der Waals surface area (Å²) in [6.07, 6.45) is 0. The molecule has 0 aromatic rings. The van der Waals surface area contributed by atoms with Gasteiger partial charge >= 0.3 is 11.9 Å². The number of ether oxygens (including phenoxy) is 2. The van der Waals surface area contributed by atoms with Gasteiger partial charge in [0.15, 0.2) is 5.16 Å². The summed E-state index contributed by atoms with van der Waals surface area (Å²) in [4.78, 5) is 29.7. The summed E-state index contributed by atoms with van der Waals surface area (Å²) in [5, 5.41) is 0.217. The van der Waals surface area contributed by atoms with Gasteiger partial charge in [-0.05, 0) is 45.3 Å². The van der Waals surface area contributed by atoms with E-state index in [-0.39, 0.29) is 24.0 Å². The second-order valence-corrected chi connectivity index (χ2v) is 11.8. The molecule has 0 aliphatic carbocycles. The predicted octanol–water partition coefficient (Wildman–Crippen LogP) is 4.88. The van der Waals surface area contributed by atoms with Crippen LogP contribution in [0.4, 0.5) is 0 Å². The molecule has 0 radical (unpaired) electrons. The quantitative estimate of drug-likeness (QED) is 0.438. The van der Waals surface area contributed by atoms with Crippen LogP contribution >= 0.6 is 18.5 Å². The van der Waals surface area contributed by atoms with E-state index in [1.54, 1.807) is 18.3 Å². The van der Waals surface area contributed by atoms with Crippen molar-refractivity contribution in [3.8, 4) is 0 Å². The molecule has 0 aromatic heterocycles. The molecule has 2 aliphatic heterocycles. The van der Waals surface area contributed by atoms with Crippen LogP contribution in [0.5, 0.6) is 0 Å². The first-order valence-electron chi connectivity index (χ1n) is 9.66. The fraction of sp³-hybridized carbons (Fsp3) is 0.700. The lowest BCUT2D eigenvalue weighted by molar-refractivity contribution is -0.148. The molecular weight excluding hydrogens is 381 g/mol. The number of allylic oxidation sites excluding steroid dienone is 2. The third-order valence-electron chi connectivity index (χ3n) is 4.88. The van der Waals surface area contributed by atoms with Crippen LogP contribution in [0.15, 0.2) is 21.5 Å². The first-order chi connectivity index (χ1) is 12.6. The van der Waals surface area contributed by atoms with Gasteiger partial charge < -0.3 is 14.4 Å². The number of carbonyl (C=O) groups excluding carboxylic acids is 2. The predicted molar refractivity (Wildman–Crippen MR) is 113 cm³/mol. The van der Waals surface area contributed by atoms with E-state index < -0.39 is 12.3 Å². The standard InChI is InChI=1S/C20H32NO4PS/c1-9-21(10-2)15-13(5)26-20(15,18(23)25-12-4)14(17(22)24-11-3)16(27-26)19(6,7)8/h9-12H2,1-8H3. The number of hydrogen-bond donors (Lipinski definition) is 0. The van der Waals surface area contributed by atoms with Gasteiger partial charge in [-0.2, -0.15) is 0 Å². The maximum absolute atomic E-state index is 13.4. The zero-order valence-electron chi connectivity index (χ0n) is 17.8. The van der Waals surface area contributed by atoms with E-state index in [0.29, 0.717) is 12.2 Å². The monoisotopic (exact) mass is 413 g/mol. The Kier molecular flexibility index (Phi) is 6.74. The van der Waals surface area contributed by atoms with Gasteiger partial charge in [0.2, 0.25) is 0 Å². The third-order valence-corrected chi connectivity index (χ3v) is 10.8. The van der Waals surface area contributed by atoms with Crippen LogP contribution in [0.25, 0.3) is 0 Å². The van der Waals surface area contributed by atoms with Crippen LogP contribution in [0.3, 0.4) is 0 Å². The van der Waals surface area contributed by atoms with Crippen molar-refractivity contribution in [3.63, 3.8) is 0 Å². The molecule has 0 saturated carbocycles. The summed E-state index contributed by atoms with van der Waals surface area (Å²) in [6.45, 7) is 18.2. The van der Waals surface area contributed by atoms with E-state index in [2.05, 4.69) is 46.4 Å². The fourth-order valence-electron chi connectivity index (χ4n) is 3.78. The van der Waals surface area contributed by atoms with Gasteiger partial charge in [0, 0.05) is 30.8 Å². The summed E-state index contributed by atoms with van der Waals surface area (Å²) in [6, 6.07) is 0. The van der Waals surface area contributed by atoms with Crippen molar-refractivity contribution in [3.05, 3.63) is 21.5 Å². The number of carbonyl (C=O) groups is 2. The summed E-state index contributed by atoms with van der Waals surface area (Å²) in [7, 11) is -0.906. The second-order valence-electron chi connectivity index (χ2n) is 7.60. The SMILES string of the molecule is CCOC(=O)C1=C(C(C)(C)C)SP2C(C)=C(N(CC)CC)C12C(=O)OCC. The average molecular weight is 414 g/mol. The van der Waals surface area contributed by atoms with Crippen LogP contribution in [-0.4, -0.2) is 48.3 Å². The van der Waals surface area contributed by atoms with Gasteiger partial charge in [0.1, 0.15) is 0 Å². The number of nitrogens with zero attached hydrogens (tertiary/aromatic N) is 1. The molecule has 2 unspecified atom stereocenters. The highest BCUT2D eigenvalue weighted by Crippen LogP contribution is 2.86. The number of rotatable bonds is 7. The smallest absolute Gasteiger partial charge is 0.336 e. The molecule has 0 saturated heterocycles. The Morgan fingerprint density at radius 3 is 2.07 bits per heavy atom. The molecule has 0 N–H and O–H groups in total. The summed E-state index contributed by atoms with van der Waals surface area (Å²) < 4.78 is 11.0. The summed E-state index contributed by atoms with van der Waals surface area (Å²) in [5.74, 6) is -0.691. The maximum Gasteiger partial charge on any atom is 0.336 e. The topological polar surface area (TPSA) is 55.8 Å². The highest BCUT2D eigenvalue weighted by Gasteiger charge is 2.69. The molecular formula is C20H32NO4PS. The molecule has 27 heavy (non-hydrogen) atoms. The third kappa shape index (κ3) is 3.33. The number of esters is 2. The van der Waals surface area contributed by atoms with Crippen molar-refractivity contribution >= 4 is 30.4 Å². The van der Waals surface area contributed by atoms with Gasteiger partial charge in [-0.15, -0.1) is 0 Å². The van der Waals surface area contributed by atoms with Gasteiger partial charge in [-0.1, -0.05) is 32.2 Å². The summed E-state index contributed by atoms with van der Waals surface area (Å²) >= 11 is 1.69. The zero-order chi connectivity index (χ0) is 20.6. The van der Waals surface area contributed by atoms with Gasteiger partial charge in [0.25, 0.3) is 0 Å². The van der Waals surface area contributed by atoms with E-state index in [1.165, 1.54) is 5.31 Å². The van der Waals surface area contributed by atoms with Gasteiger partial charge in [-0.25, -0.2) is 4.79 Å². The zero-order valence-corrected chi connectivity index (χ0v) is 19.5. The Labute approximate surface area is 168 Å². The molecule has 2 rings (SSSR count). The Morgan fingerprint density at radius 2 is 1.63 bits per heavy atom. The molecule has 152 valence electrons.